The van der Waals surface area contributed by atoms with Crippen molar-refractivity contribution in [2.75, 3.05) is 6.26 Å². The third-order valence-electron chi connectivity index (χ3n) is 2.64. The van der Waals surface area contributed by atoms with E-state index in [0.29, 0.717) is 11.1 Å². The van der Waals surface area contributed by atoms with E-state index in [0.717, 1.165) is 6.26 Å². The summed E-state index contributed by atoms with van der Waals surface area (Å²) < 4.78 is 22.9. The van der Waals surface area contributed by atoms with Gasteiger partial charge in [-0.25, -0.2) is 13.2 Å². The first-order chi connectivity index (χ1) is 8.89. The van der Waals surface area contributed by atoms with E-state index in [1.807, 2.05) is 0 Å². The van der Waals surface area contributed by atoms with Crippen molar-refractivity contribution in [3.8, 4) is 11.1 Å². The zero-order valence-corrected chi connectivity index (χ0v) is 10.9. The largest absolute Gasteiger partial charge is 0.478 e. The second kappa shape index (κ2) is 4.81. The Morgan fingerprint density at radius 2 is 1.79 bits per heavy atom. The van der Waals surface area contributed by atoms with Crippen molar-refractivity contribution in [3.63, 3.8) is 0 Å². The van der Waals surface area contributed by atoms with E-state index in [1.165, 1.54) is 18.2 Å². The van der Waals surface area contributed by atoms with Gasteiger partial charge in [-0.1, -0.05) is 6.07 Å². The van der Waals surface area contributed by atoms with Crippen molar-refractivity contribution < 1.29 is 18.3 Å². The number of aromatic carboxylic acids is 1. The molecule has 1 aromatic carbocycles. The van der Waals surface area contributed by atoms with Gasteiger partial charge in [0.2, 0.25) is 0 Å². The summed E-state index contributed by atoms with van der Waals surface area (Å²) in [5.41, 5.74) is 1.09. The number of sulfone groups is 1. The lowest BCUT2D eigenvalue weighted by Gasteiger charge is -2.08. The van der Waals surface area contributed by atoms with Crippen LogP contribution in [-0.2, 0) is 9.84 Å². The molecule has 5 nitrogen and oxygen atoms in total. The number of carbonyl (C=O) groups is 1. The average molecular weight is 277 g/mol. The summed E-state index contributed by atoms with van der Waals surface area (Å²) in [5.74, 6) is -1.17. The summed E-state index contributed by atoms with van der Waals surface area (Å²) in [4.78, 5) is 15.1. The van der Waals surface area contributed by atoms with Gasteiger partial charge in [0, 0.05) is 18.6 Å². The van der Waals surface area contributed by atoms with Gasteiger partial charge < -0.3 is 5.11 Å². The molecular weight excluding hydrogens is 266 g/mol. The molecule has 0 bridgehead atoms. The molecule has 0 aliphatic heterocycles. The summed E-state index contributed by atoms with van der Waals surface area (Å²) in [6.45, 7) is 0. The van der Waals surface area contributed by atoms with Crippen LogP contribution in [0.3, 0.4) is 0 Å². The van der Waals surface area contributed by atoms with Gasteiger partial charge in [0.15, 0.2) is 9.84 Å². The second-order valence-corrected chi connectivity index (χ2v) is 6.04. The van der Waals surface area contributed by atoms with Crippen molar-refractivity contribution in [2.45, 2.75) is 4.90 Å². The third kappa shape index (κ3) is 2.79. The summed E-state index contributed by atoms with van der Waals surface area (Å²) in [6.07, 6.45) is 4.14. The maximum atomic E-state index is 11.5. The standard InChI is InChI=1S/C13H11NO4S/c1-19(17,18)10-2-3-11(12(8-10)13(15)16)9-4-6-14-7-5-9/h2-8H,1H3,(H,15,16). The maximum absolute atomic E-state index is 11.5. The molecule has 0 atom stereocenters. The van der Waals surface area contributed by atoms with Gasteiger partial charge in [-0.15, -0.1) is 0 Å². The monoisotopic (exact) mass is 277 g/mol. The van der Waals surface area contributed by atoms with Crippen LogP contribution in [0, 0.1) is 0 Å². The Morgan fingerprint density at radius 1 is 1.16 bits per heavy atom. The molecule has 1 N–H and O–H groups in total. The van der Waals surface area contributed by atoms with Crippen molar-refractivity contribution in [3.05, 3.63) is 48.3 Å². The van der Waals surface area contributed by atoms with E-state index < -0.39 is 15.8 Å². The quantitative estimate of drug-likeness (QED) is 0.925. The Bertz CT molecular complexity index is 724. The Kier molecular flexibility index (Phi) is 3.35. The molecule has 0 fully saturated rings. The fourth-order valence-corrected chi connectivity index (χ4v) is 2.36. The smallest absolute Gasteiger partial charge is 0.336 e. The predicted molar refractivity (Wildman–Crippen MR) is 69.7 cm³/mol. The van der Waals surface area contributed by atoms with Crippen LogP contribution in [0.1, 0.15) is 10.4 Å². The van der Waals surface area contributed by atoms with E-state index >= 15 is 0 Å². The highest BCUT2D eigenvalue weighted by Crippen LogP contribution is 2.25. The SMILES string of the molecule is CS(=O)(=O)c1ccc(-c2ccncc2)c(C(=O)O)c1. The minimum absolute atomic E-state index is 0.0114. The average Bonchev–Trinajstić information content (AvgIpc) is 2.38. The van der Waals surface area contributed by atoms with Crippen LogP contribution >= 0.6 is 0 Å². The van der Waals surface area contributed by atoms with Crippen molar-refractivity contribution in [2.24, 2.45) is 0 Å². The van der Waals surface area contributed by atoms with Crippen LogP contribution in [0.25, 0.3) is 11.1 Å². The van der Waals surface area contributed by atoms with Gasteiger partial charge in [-0.2, -0.15) is 0 Å². The minimum Gasteiger partial charge on any atom is -0.478 e. The lowest BCUT2D eigenvalue weighted by molar-refractivity contribution is 0.0697. The zero-order chi connectivity index (χ0) is 14.0. The van der Waals surface area contributed by atoms with Crippen molar-refractivity contribution >= 4 is 15.8 Å². The Morgan fingerprint density at radius 3 is 2.32 bits per heavy atom. The number of carboxylic acid groups (broad SMARTS) is 1. The maximum Gasteiger partial charge on any atom is 0.336 e. The first-order valence-electron chi connectivity index (χ1n) is 5.37. The number of carboxylic acids is 1. The van der Waals surface area contributed by atoms with E-state index in [4.69, 9.17) is 0 Å². The third-order valence-corrected chi connectivity index (χ3v) is 3.75. The molecule has 0 radical (unpaired) electrons. The van der Waals surface area contributed by atoms with Gasteiger partial charge in [-0.05, 0) is 35.4 Å². The van der Waals surface area contributed by atoms with Gasteiger partial charge >= 0.3 is 5.97 Å². The Balaban J connectivity index is 2.67. The number of rotatable bonds is 3. The van der Waals surface area contributed by atoms with Gasteiger partial charge in [-0.3, -0.25) is 4.98 Å². The number of benzene rings is 1. The van der Waals surface area contributed by atoms with Crippen LogP contribution in [0.2, 0.25) is 0 Å². The summed E-state index contributed by atoms with van der Waals surface area (Å²) in [5, 5.41) is 9.21. The van der Waals surface area contributed by atoms with E-state index in [9.17, 15) is 18.3 Å². The summed E-state index contributed by atoms with van der Waals surface area (Å²) >= 11 is 0. The fraction of sp³-hybridized carbons (Fsp3) is 0.0769. The second-order valence-electron chi connectivity index (χ2n) is 4.02. The predicted octanol–water partition coefficient (Wildman–Crippen LogP) is 1.85. The Hall–Kier alpha value is -2.21. The molecule has 1 heterocycles. The van der Waals surface area contributed by atoms with Gasteiger partial charge in [0.25, 0.3) is 0 Å². The first-order valence-corrected chi connectivity index (χ1v) is 7.26. The van der Waals surface area contributed by atoms with Crippen molar-refractivity contribution in [1.82, 2.24) is 4.98 Å². The number of nitrogens with zero attached hydrogens (tertiary/aromatic N) is 1. The molecule has 2 rings (SSSR count). The number of aromatic nitrogens is 1. The minimum atomic E-state index is -3.43. The van der Waals surface area contributed by atoms with E-state index in [1.54, 1.807) is 24.5 Å². The normalized spacial score (nSPS) is 11.2. The number of hydrogen-bond donors (Lipinski definition) is 1. The van der Waals surface area contributed by atoms with Crippen LogP contribution in [0.5, 0.6) is 0 Å². The zero-order valence-electron chi connectivity index (χ0n) is 10.1. The highest BCUT2D eigenvalue weighted by molar-refractivity contribution is 7.90. The Labute approximate surface area is 110 Å². The fourth-order valence-electron chi connectivity index (χ4n) is 1.71. The molecule has 0 amide bonds. The molecule has 0 saturated heterocycles. The molecule has 0 unspecified atom stereocenters. The van der Waals surface area contributed by atoms with E-state index in [-0.39, 0.29) is 10.5 Å². The molecule has 0 spiro atoms. The molecule has 0 saturated carbocycles. The topological polar surface area (TPSA) is 84.3 Å². The molecule has 0 aliphatic rings. The van der Waals surface area contributed by atoms with Gasteiger partial charge in [0.05, 0.1) is 10.5 Å². The molecular formula is C13H11NO4S. The molecule has 1 aromatic heterocycles. The van der Waals surface area contributed by atoms with Crippen LogP contribution < -0.4 is 0 Å². The lowest BCUT2D eigenvalue weighted by atomic mass is 10.0. The first kappa shape index (κ1) is 13.2. The number of pyridine rings is 1. The molecule has 19 heavy (non-hydrogen) atoms. The molecule has 6 heteroatoms. The van der Waals surface area contributed by atoms with Gasteiger partial charge in [0.1, 0.15) is 0 Å². The number of hydrogen-bond acceptors (Lipinski definition) is 4. The molecule has 98 valence electrons. The van der Waals surface area contributed by atoms with Crippen LogP contribution in [0.4, 0.5) is 0 Å². The highest BCUT2D eigenvalue weighted by atomic mass is 32.2. The van der Waals surface area contributed by atoms with Crippen molar-refractivity contribution in [1.29, 1.82) is 0 Å². The molecule has 2 aromatic rings. The van der Waals surface area contributed by atoms with Crippen LogP contribution in [-0.4, -0.2) is 30.7 Å². The molecule has 0 aliphatic carbocycles. The van der Waals surface area contributed by atoms with E-state index in [2.05, 4.69) is 4.98 Å². The highest BCUT2D eigenvalue weighted by Gasteiger charge is 2.16. The lowest BCUT2D eigenvalue weighted by Crippen LogP contribution is -2.04. The summed E-state index contributed by atoms with van der Waals surface area (Å²) in [6, 6.07) is 7.41. The summed E-state index contributed by atoms with van der Waals surface area (Å²) in [7, 11) is -3.43. The van der Waals surface area contributed by atoms with Crippen LogP contribution in [0.15, 0.2) is 47.6 Å².